The van der Waals surface area contributed by atoms with Crippen molar-refractivity contribution in [3.8, 4) is 6.07 Å². The summed E-state index contributed by atoms with van der Waals surface area (Å²) in [4.78, 5) is 4.80. The molecule has 1 fully saturated rings. The Bertz CT molecular complexity index is 469. The largest absolute Gasteiger partial charge is 0.366 e. The first kappa shape index (κ1) is 13.9. The summed E-state index contributed by atoms with van der Waals surface area (Å²) in [5, 5.41) is 8.97. The molecule has 1 heterocycles. The average Bonchev–Trinajstić information content (AvgIpc) is 2.34. The molecule has 3 heteroatoms. The van der Waals surface area contributed by atoms with E-state index in [9.17, 15) is 0 Å². The van der Waals surface area contributed by atoms with Crippen molar-refractivity contribution in [1.29, 1.82) is 5.26 Å². The number of piperazine rings is 1. The monoisotopic (exact) mass is 257 g/mol. The van der Waals surface area contributed by atoms with E-state index in [0.717, 1.165) is 13.1 Å². The van der Waals surface area contributed by atoms with Gasteiger partial charge in [-0.15, -0.1) is 0 Å². The number of benzene rings is 1. The summed E-state index contributed by atoms with van der Waals surface area (Å²) in [6.45, 7) is 8.57. The highest BCUT2D eigenvalue weighted by atomic mass is 15.3. The minimum absolute atomic E-state index is 0.334. The number of para-hydroxylation sites is 1. The van der Waals surface area contributed by atoms with E-state index in [2.05, 4.69) is 61.9 Å². The van der Waals surface area contributed by atoms with Crippen LogP contribution >= 0.6 is 0 Å². The smallest absolute Gasteiger partial charge is 0.0638 e. The summed E-state index contributed by atoms with van der Waals surface area (Å²) in [6, 6.07) is 9.59. The van der Waals surface area contributed by atoms with Crippen molar-refractivity contribution >= 4 is 5.69 Å². The standard InChI is InChI=1S/C16H23N3/c1-12-6-5-7-13(2)16(12)19-11-15(8-9-17)18(4)10-14(19)3/h5-7,14-15H,8,10-11H2,1-4H3. The van der Waals surface area contributed by atoms with Crippen LogP contribution in [0.4, 0.5) is 5.69 Å². The van der Waals surface area contributed by atoms with Crippen LogP contribution < -0.4 is 4.90 Å². The van der Waals surface area contributed by atoms with Crippen LogP contribution in [0.5, 0.6) is 0 Å². The molecular weight excluding hydrogens is 234 g/mol. The molecule has 0 bridgehead atoms. The first-order valence-corrected chi connectivity index (χ1v) is 6.94. The number of anilines is 1. The van der Waals surface area contributed by atoms with E-state index in [0.29, 0.717) is 18.5 Å². The zero-order valence-electron chi connectivity index (χ0n) is 12.3. The minimum atomic E-state index is 0.334. The molecule has 0 N–H and O–H groups in total. The topological polar surface area (TPSA) is 30.3 Å². The number of hydrogen-bond donors (Lipinski definition) is 0. The normalized spacial score (nSPS) is 24.3. The molecule has 102 valence electrons. The highest BCUT2D eigenvalue weighted by Crippen LogP contribution is 2.29. The molecule has 1 saturated heterocycles. The summed E-state index contributed by atoms with van der Waals surface area (Å²) >= 11 is 0. The van der Waals surface area contributed by atoms with Gasteiger partial charge >= 0.3 is 0 Å². The Hall–Kier alpha value is -1.53. The van der Waals surface area contributed by atoms with E-state index in [1.165, 1.54) is 16.8 Å². The summed E-state index contributed by atoms with van der Waals surface area (Å²) in [7, 11) is 2.13. The van der Waals surface area contributed by atoms with E-state index < -0.39 is 0 Å². The van der Waals surface area contributed by atoms with Gasteiger partial charge in [0.15, 0.2) is 0 Å². The van der Waals surface area contributed by atoms with Crippen molar-refractivity contribution in [2.45, 2.75) is 39.3 Å². The van der Waals surface area contributed by atoms with Crippen LogP contribution in [0, 0.1) is 25.2 Å². The maximum Gasteiger partial charge on any atom is 0.0638 e. The summed E-state index contributed by atoms with van der Waals surface area (Å²) < 4.78 is 0. The molecular formula is C16H23N3. The van der Waals surface area contributed by atoms with Gasteiger partial charge in [0.25, 0.3) is 0 Å². The number of hydrogen-bond acceptors (Lipinski definition) is 3. The highest BCUT2D eigenvalue weighted by molar-refractivity contribution is 5.60. The van der Waals surface area contributed by atoms with Gasteiger partial charge in [0, 0.05) is 30.9 Å². The molecule has 2 unspecified atom stereocenters. The van der Waals surface area contributed by atoms with Gasteiger partial charge in [0.1, 0.15) is 0 Å². The Morgan fingerprint density at radius 3 is 2.47 bits per heavy atom. The molecule has 0 spiro atoms. The molecule has 19 heavy (non-hydrogen) atoms. The molecule has 0 amide bonds. The molecule has 2 atom stereocenters. The third kappa shape index (κ3) is 2.74. The fourth-order valence-corrected chi connectivity index (χ4v) is 3.11. The molecule has 0 radical (unpaired) electrons. The SMILES string of the molecule is Cc1cccc(C)c1N1CC(CC#N)N(C)CC1C. The first-order valence-electron chi connectivity index (χ1n) is 6.94. The fourth-order valence-electron chi connectivity index (χ4n) is 3.11. The number of aryl methyl sites for hydroxylation is 2. The van der Waals surface area contributed by atoms with Gasteiger partial charge in [0.2, 0.25) is 0 Å². The van der Waals surface area contributed by atoms with Crippen LogP contribution in [0.3, 0.4) is 0 Å². The number of nitriles is 1. The van der Waals surface area contributed by atoms with Crippen molar-refractivity contribution in [3.63, 3.8) is 0 Å². The van der Waals surface area contributed by atoms with Gasteiger partial charge in [-0.2, -0.15) is 5.26 Å². The maximum absolute atomic E-state index is 8.97. The lowest BCUT2D eigenvalue weighted by Gasteiger charge is -2.45. The predicted octanol–water partition coefficient (Wildman–Crippen LogP) is 2.73. The maximum atomic E-state index is 8.97. The number of rotatable bonds is 2. The van der Waals surface area contributed by atoms with Crippen LogP contribution in [0.25, 0.3) is 0 Å². The van der Waals surface area contributed by atoms with Crippen LogP contribution in [0.15, 0.2) is 18.2 Å². The molecule has 1 aliphatic heterocycles. The fraction of sp³-hybridized carbons (Fsp3) is 0.562. The molecule has 0 aliphatic carbocycles. The van der Waals surface area contributed by atoms with Gasteiger partial charge in [-0.1, -0.05) is 18.2 Å². The Morgan fingerprint density at radius 2 is 1.89 bits per heavy atom. The predicted molar refractivity (Wildman–Crippen MR) is 79.4 cm³/mol. The number of nitrogens with zero attached hydrogens (tertiary/aromatic N) is 3. The lowest BCUT2D eigenvalue weighted by atomic mass is 10.0. The van der Waals surface area contributed by atoms with E-state index in [-0.39, 0.29) is 0 Å². The van der Waals surface area contributed by atoms with Gasteiger partial charge in [0.05, 0.1) is 12.5 Å². The van der Waals surface area contributed by atoms with Gasteiger partial charge < -0.3 is 4.90 Å². The highest BCUT2D eigenvalue weighted by Gasteiger charge is 2.30. The third-order valence-corrected chi connectivity index (χ3v) is 4.17. The summed E-state index contributed by atoms with van der Waals surface area (Å²) in [6.07, 6.45) is 0.602. The van der Waals surface area contributed by atoms with Crippen molar-refractivity contribution in [2.75, 3.05) is 25.0 Å². The summed E-state index contributed by atoms with van der Waals surface area (Å²) in [5.74, 6) is 0. The minimum Gasteiger partial charge on any atom is -0.366 e. The third-order valence-electron chi connectivity index (χ3n) is 4.17. The molecule has 1 aromatic rings. The van der Waals surface area contributed by atoms with Crippen LogP contribution in [-0.4, -0.2) is 37.1 Å². The van der Waals surface area contributed by atoms with Crippen molar-refractivity contribution in [1.82, 2.24) is 4.90 Å². The molecule has 3 nitrogen and oxygen atoms in total. The van der Waals surface area contributed by atoms with Crippen LogP contribution in [-0.2, 0) is 0 Å². The lowest BCUT2D eigenvalue weighted by molar-refractivity contribution is 0.194. The first-order chi connectivity index (χ1) is 9.04. The molecule has 0 aromatic heterocycles. The Balaban J connectivity index is 2.31. The zero-order valence-corrected chi connectivity index (χ0v) is 12.3. The zero-order chi connectivity index (χ0) is 14.0. The Kier molecular flexibility index (Phi) is 4.11. The number of likely N-dealkylation sites (N-methyl/N-ethyl adjacent to an activating group) is 1. The van der Waals surface area contributed by atoms with Crippen LogP contribution in [0.2, 0.25) is 0 Å². The van der Waals surface area contributed by atoms with E-state index in [1.54, 1.807) is 0 Å². The van der Waals surface area contributed by atoms with Crippen molar-refractivity contribution in [3.05, 3.63) is 29.3 Å². The van der Waals surface area contributed by atoms with Crippen LogP contribution in [0.1, 0.15) is 24.5 Å². The van der Waals surface area contributed by atoms with E-state index in [1.807, 2.05) is 0 Å². The molecule has 2 rings (SSSR count). The quantitative estimate of drug-likeness (QED) is 0.816. The second kappa shape index (κ2) is 5.63. The van der Waals surface area contributed by atoms with Gasteiger partial charge in [-0.25, -0.2) is 0 Å². The lowest BCUT2D eigenvalue weighted by Crippen LogP contribution is -2.56. The molecule has 1 aromatic carbocycles. The van der Waals surface area contributed by atoms with Crippen molar-refractivity contribution < 1.29 is 0 Å². The van der Waals surface area contributed by atoms with Gasteiger partial charge in [-0.05, 0) is 38.9 Å². The van der Waals surface area contributed by atoms with Crippen molar-refractivity contribution in [2.24, 2.45) is 0 Å². The second-order valence-corrected chi connectivity index (χ2v) is 5.70. The van der Waals surface area contributed by atoms with E-state index >= 15 is 0 Å². The van der Waals surface area contributed by atoms with E-state index in [4.69, 9.17) is 5.26 Å². The summed E-state index contributed by atoms with van der Waals surface area (Å²) in [5.41, 5.74) is 4.00. The molecule has 0 saturated carbocycles. The second-order valence-electron chi connectivity index (χ2n) is 5.70. The average molecular weight is 257 g/mol. The van der Waals surface area contributed by atoms with Gasteiger partial charge in [-0.3, -0.25) is 4.90 Å². The molecule has 1 aliphatic rings. The Labute approximate surface area is 116 Å². The Morgan fingerprint density at radius 1 is 1.26 bits per heavy atom.